The van der Waals surface area contributed by atoms with E-state index >= 15 is 0 Å². The molecule has 0 fully saturated rings. The smallest absolute Gasteiger partial charge is 0.480 e. The van der Waals surface area contributed by atoms with Gasteiger partial charge in [-0.25, -0.2) is 14.4 Å². The lowest BCUT2D eigenvalue weighted by molar-refractivity contribution is -0.139. The first-order valence-corrected chi connectivity index (χ1v) is 13.5. The van der Waals surface area contributed by atoms with Gasteiger partial charge in [-0.1, -0.05) is 40.2 Å². The number of benzene rings is 1. The largest absolute Gasteiger partial charge is 0.514 e. The van der Waals surface area contributed by atoms with Gasteiger partial charge in [0.2, 0.25) is 0 Å². The van der Waals surface area contributed by atoms with Crippen molar-refractivity contribution in [1.29, 1.82) is 0 Å². The van der Waals surface area contributed by atoms with Gasteiger partial charge in [0.1, 0.15) is 24.4 Å². The zero-order valence-electron chi connectivity index (χ0n) is 24.3. The van der Waals surface area contributed by atoms with Gasteiger partial charge in [0.05, 0.1) is 6.61 Å². The summed E-state index contributed by atoms with van der Waals surface area (Å²) < 4.78 is 31.3. The highest BCUT2D eigenvalue weighted by molar-refractivity contribution is 5.75. The molecule has 0 saturated heterocycles. The molecule has 0 aliphatic rings. The van der Waals surface area contributed by atoms with E-state index in [9.17, 15) is 24.3 Å². The van der Waals surface area contributed by atoms with Crippen molar-refractivity contribution < 1.29 is 52.7 Å². The van der Waals surface area contributed by atoms with Crippen molar-refractivity contribution >= 4 is 24.4 Å². The van der Waals surface area contributed by atoms with Gasteiger partial charge in [0.25, 0.3) is 0 Å². The van der Waals surface area contributed by atoms with E-state index in [0.29, 0.717) is 18.4 Å². The van der Waals surface area contributed by atoms with E-state index in [-0.39, 0.29) is 30.4 Å². The Kier molecular flexibility index (Phi) is 14.8. The minimum absolute atomic E-state index is 0.00108. The van der Waals surface area contributed by atoms with Crippen LogP contribution in [-0.2, 0) is 23.7 Å². The van der Waals surface area contributed by atoms with Crippen LogP contribution in [-0.4, -0.2) is 60.5 Å². The molecule has 0 heterocycles. The Morgan fingerprint density at radius 1 is 0.775 bits per heavy atom. The number of hydrogen-bond acceptors (Lipinski definition) is 11. The fourth-order valence-electron chi connectivity index (χ4n) is 3.24. The summed E-state index contributed by atoms with van der Waals surface area (Å²) in [5, 5.41) is 9.65. The highest BCUT2D eigenvalue weighted by Crippen LogP contribution is 2.35. The third-order valence-electron chi connectivity index (χ3n) is 6.31. The summed E-state index contributed by atoms with van der Waals surface area (Å²) in [4.78, 5) is 48.6. The number of carboxylic acids is 1. The standard InChI is InChI=1S/C28H43NO11/c1-8-16(4)15-35-26(32)38-19(7)13-21(24(29)25(30)31)20-11-12-22(39-27(33)36-17(5)9-2)23(14-20)40-28(34)37-18(6)10-3/h11-12,14,16-19,21,24H,8-10,13,15,29H2,1-7H3,(H,30,31)/t16?,17?,18?,19?,21?,24-/m0/s1. The summed E-state index contributed by atoms with van der Waals surface area (Å²) in [6.07, 6.45) is -2.67. The van der Waals surface area contributed by atoms with E-state index in [4.69, 9.17) is 34.2 Å². The zero-order chi connectivity index (χ0) is 30.4. The fourth-order valence-corrected chi connectivity index (χ4v) is 3.24. The SMILES string of the molecule is CCC(C)COC(=O)OC(C)CC(c1ccc(OC(=O)OC(C)CC)c(OC(=O)OC(C)CC)c1)[C@H](N)C(=O)O. The van der Waals surface area contributed by atoms with E-state index in [1.165, 1.54) is 18.2 Å². The first-order valence-electron chi connectivity index (χ1n) is 13.5. The third-order valence-corrected chi connectivity index (χ3v) is 6.31. The molecule has 0 spiro atoms. The number of carbonyl (C=O) groups excluding carboxylic acids is 3. The minimum Gasteiger partial charge on any atom is -0.480 e. The van der Waals surface area contributed by atoms with Crippen LogP contribution >= 0.6 is 0 Å². The van der Waals surface area contributed by atoms with Crippen LogP contribution in [0.25, 0.3) is 0 Å². The number of ether oxygens (including phenoxy) is 6. The van der Waals surface area contributed by atoms with Crippen molar-refractivity contribution in [3.05, 3.63) is 23.8 Å². The predicted octanol–water partition coefficient (Wildman–Crippen LogP) is 5.79. The number of rotatable bonds is 15. The molecule has 0 amide bonds. The summed E-state index contributed by atoms with van der Waals surface area (Å²) >= 11 is 0. The van der Waals surface area contributed by atoms with Gasteiger partial charge in [-0.2, -0.15) is 0 Å². The van der Waals surface area contributed by atoms with Crippen molar-refractivity contribution in [2.75, 3.05) is 6.61 Å². The first kappa shape index (κ1) is 34.5. The molecule has 1 rings (SSSR count). The molecule has 0 radical (unpaired) electrons. The van der Waals surface area contributed by atoms with Gasteiger partial charge in [-0.3, -0.25) is 4.79 Å². The van der Waals surface area contributed by atoms with Crippen molar-refractivity contribution in [2.24, 2.45) is 11.7 Å². The monoisotopic (exact) mass is 569 g/mol. The molecule has 226 valence electrons. The minimum atomic E-state index is -1.41. The van der Waals surface area contributed by atoms with Crippen LogP contribution in [0.4, 0.5) is 14.4 Å². The van der Waals surface area contributed by atoms with Gasteiger partial charge < -0.3 is 39.3 Å². The summed E-state index contributed by atoms with van der Waals surface area (Å²) in [5.41, 5.74) is 6.33. The zero-order valence-corrected chi connectivity index (χ0v) is 24.3. The molecule has 6 atom stereocenters. The summed E-state index contributed by atoms with van der Waals surface area (Å²) in [5.74, 6) is -2.41. The van der Waals surface area contributed by atoms with E-state index in [1.807, 2.05) is 27.7 Å². The van der Waals surface area contributed by atoms with Crippen LogP contribution in [0.15, 0.2) is 18.2 Å². The molecule has 1 aromatic carbocycles. The highest BCUT2D eigenvalue weighted by Gasteiger charge is 2.31. The quantitative estimate of drug-likeness (QED) is 0.148. The average molecular weight is 570 g/mol. The number of nitrogens with two attached hydrogens (primary N) is 1. The molecule has 40 heavy (non-hydrogen) atoms. The first-order chi connectivity index (χ1) is 18.8. The molecule has 5 unspecified atom stereocenters. The molecule has 12 nitrogen and oxygen atoms in total. The second kappa shape index (κ2) is 17.2. The van der Waals surface area contributed by atoms with Crippen molar-refractivity contribution in [3.8, 4) is 11.5 Å². The van der Waals surface area contributed by atoms with E-state index in [2.05, 4.69) is 0 Å². The molecule has 0 aliphatic heterocycles. The lowest BCUT2D eigenvalue weighted by atomic mass is 9.87. The van der Waals surface area contributed by atoms with Gasteiger partial charge in [-0.15, -0.1) is 0 Å². The summed E-state index contributed by atoms with van der Waals surface area (Å²) in [6, 6.07) is 2.71. The molecular formula is C28H43NO11. The van der Waals surface area contributed by atoms with Crippen molar-refractivity contribution in [3.63, 3.8) is 0 Å². The molecule has 0 saturated carbocycles. The molecule has 1 aromatic rings. The number of carbonyl (C=O) groups is 4. The number of carboxylic acid groups (broad SMARTS) is 1. The maximum Gasteiger partial charge on any atom is 0.514 e. The molecular weight excluding hydrogens is 526 g/mol. The lowest BCUT2D eigenvalue weighted by Crippen LogP contribution is -2.38. The van der Waals surface area contributed by atoms with E-state index in [1.54, 1.807) is 20.8 Å². The highest BCUT2D eigenvalue weighted by atomic mass is 16.8. The Balaban J connectivity index is 3.28. The van der Waals surface area contributed by atoms with Gasteiger partial charge in [0, 0.05) is 5.92 Å². The maximum absolute atomic E-state index is 12.4. The molecule has 0 aromatic heterocycles. The van der Waals surface area contributed by atoms with Crippen LogP contribution in [0.3, 0.4) is 0 Å². The lowest BCUT2D eigenvalue weighted by Gasteiger charge is -2.25. The maximum atomic E-state index is 12.4. The molecule has 12 heteroatoms. The van der Waals surface area contributed by atoms with Crippen LogP contribution in [0, 0.1) is 5.92 Å². The third kappa shape index (κ3) is 12.1. The normalized spacial score (nSPS) is 15.4. The van der Waals surface area contributed by atoms with Gasteiger partial charge in [0.15, 0.2) is 11.5 Å². The van der Waals surface area contributed by atoms with Crippen LogP contribution in [0.5, 0.6) is 11.5 Å². The summed E-state index contributed by atoms with van der Waals surface area (Å²) in [6.45, 7) is 12.7. The number of hydrogen-bond donors (Lipinski definition) is 2. The molecule has 0 bridgehead atoms. The van der Waals surface area contributed by atoms with Crippen LogP contribution < -0.4 is 15.2 Å². The molecule has 3 N–H and O–H groups in total. The van der Waals surface area contributed by atoms with E-state index < -0.39 is 54.7 Å². The van der Waals surface area contributed by atoms with E-state index in [0.717, 1.165) is 6.42 Å². The summed E-state index contributed by atoms with van der Waals surface area (Å²) in [7, 11) is 0. The predicted molar refractivity (Wildman–Crippen MR) is 144 cm³/mol. The van der Waals surface area contributed by atoms with Gasteiger partial charge in [-0.05, 0) is 63.6 Å². The van der Waals surface area contributed by atoms with Gasteiger partial charge >= 0.3 is 24.4 Å². The Bertz CT molecular complexity index is 983. The van der Waals surface area contributed by atoms with Crippen LogP contribution in [0.1, 0.15) is 85.6 Å². The Morgan fingerprint density at radius 2 is 1.30 bits per heavy atom. The van der Waals surface area contributed by atoms with Crippen LogP contribution in [0.2, 0.25) is 0 Å². The van der Waals surface area contributed by atoms with Crippen molar-refractivity contribution in [1.82, 2.24) is 0 Å². The molecule has 0 aliphatic carbocycles. The van der Waals surface area contributed by atoms with Crippen molar-refractivity contribution in [2.45, 2.75) is 104 Å². The second-order valence-corrected chi connectivity index (χ2v) is 9.79. The Labute approximate surface area is 235 Å². The Morgan fingerprint density at radius 3 is 1.80 bits per heavy atom. The number of aliphatic carboxylic acids is 1. The second-order valence-electron chi connectivity index (χ2n) is 9.79. The average Bonchev–Trinajstić information content (AvgIpc) is 2.90. The fraction of sp³-hybridized carbons (Fsp3) is 0.643. The topological polar surface area (TPSA) is 170 Å². The Hall–Kier alpha value is -3.54.